The Morgan fingerprint density at radius 1 is 1.15 bits per heavy atom. The van der Waals surface area contributed by atoms with Crippen molar-refractivity contribution >= 4 is 29.1 Å². The fourth-order valence-electron chi connectivity index (χ4n) is 3.42. The van der Waals surface area contributed by atoms with Crippen LogP contribution in [0.25, 0.3) is 0 Å². The maximum atomic E-state index is 13.0. The summed E-state index contributed by atoms with van der Waals surface area (Å²) in [6.45, 7) is 4.45. The fourth-order valence-corrected chi connectivity index (χ4v) is 3.74. The van der Waals surface area contributed by atoms with Crippen LogP contribution in [0.3, 0.4) is 0 Å². The first-order chi connectivity index (χ1) is 12.9. The van der Waals surface area contributed by atoms with Crippen molar-refractivity contribution in [1.29, 1.82) is 0 Å². The normalized spacial score (nSPS) is 16.9. The second kappa shape index (κ2) is 9.05. The van der Waals surface area contributed by atoms with Gasteiger partial charge >= 0.3 is 0 Å². The molecule has 1 aliphatic heterocycles. The van der Waals surface area contributed by atoms with Crippen molar-refractivity contribution in [3.63, 3.8) is 0 Å². The van der Waals surface area contributed by atoms with Crippen LogP contribution in [-0.4, -0.2) is 23.9 Å². The average Bonchev–Trinajstić information content (AvgIpc) is 2.66. The van der Waals surface area contributed by atoms with Crippen molar-refractivity contribution in [3.8, 4) is 0 Å². The number of nitrogens with zero attached hydrogens (tertiary/aromatic N) is 1. The molecule has 144 valence electrons. The highest BCUT2D eigenvalue weighted by atomic mass is 35.5. The molecule has 0 aromatic heterocycles. The van der Waals surface area contributed by atoms with Crippen molar-refractivity contribution in [3.05, 3.63) is 69.5 Å². The second-order valence-corrected chi connectivity index (χ2v) is 7.90. The summed E-state index contributed by atoms with van der Waals surface area (Å²) >= 11 is 12.0. The van der Waals surface area contributed by atoms with E-state index >= 15 is 0 Å². The number of piperidine rings is 1. The van der Waals surface area contributed by atoms with Crippen molar-refractivity contribution in [2.24, 2.45) is 5.92 Å². The molecule has 1 aliphatic rings. The predicted molar refractivity (Wildman–Crippen MR) is 107 cm³/mol. The number of rotatable bonds is 5. The molecule has 0 unspecified atom stereocenters. The van der Waals surface area contributed by atoms with Gasteiger partial charge in [-0.05, 0) is 68.2 Å². The second-order valence-electron chi connectivity index (χ2n) is 7.08. The zero-order valence-electron chi connectivity index (χ0n) is 15.2. The lowest BCUT2D eigenvalue weighted by Gasteiger charge is -2.32. The molecule has 0 radical (unpaired) electrons. The summed E-state index contributed by atoms with van der Waals surface area (Å²) in [6.07, 6.45) is 1.65. The monoisotopic (exact) mass is 408 g/mol. The Morgan fingerprint density at radius 3 is 2.44 bits per heavy atom. The lowest BCUT2D eigenvalue weighted by molar-refractivity contribution is -0.127. The first-order valence-corrected chi connectivity index (χ1v) is 9.90. The van der Waals surface area contributed by atoms with Crippen molar-refractivity contribution < 1.29 is 9.18 Å². The highest BCUT2D eigenvalue weighted by molar-refractivity contribution is 6.42. The van der Waals surface area contributed by atoms with Gasteiger partial charge in [0.1, 0.15) is 5.82 Å². The van der Waals surface area contributed by atoms with Crippen LogP contribution in [0.5, 0.6) is 0 Å². The molecule has 1 heterocycles. The smallest absolute Gasteiger partial charge is 0.223 e. The van der Waals surface area contributed by atoms with Crippen LogP contribution in [0.15, 0.2) is 42.5 Å². The SMILES string of the molecule is C[C@H](NC(=O)C1CCN(Cc2ccc(Cl)c(Cl)c2)CC1)c1ccc(F)cc1. The van der Waals surface area contributed by atoms with E-state index in [0.717, 1.165) is 43.6 Å². The van der Waals surface area contributed by atoms with Crippen LogP contribution < -0.4 is 5.32 Å². The van der Waals surface area contributed by atoms with E-state index in [1.807, 2.05) is 25.1 Å². The van der Waals surface area contributed by atoms with Crippen molar-refractivity contribution in [2.75, 3.05) is 13.1 Å². The Kier molecular flexibility index (Phi) is 6.74. The van der Waals surface area contributed by atoms with E-state index in [0.29, 0.717) is 10.0 Å². The molecule has 1 fully saturated rings. The zero-order valence-corrected chi connectivity index (χ0v) is 16.7. The zero-order chi connectivity index (χ0) is 19.4. The molecule has 1 amide bonds. The molecule has 1 N–H and O–H groups in total. The van der Waals surface area contributed by atoms with Gasteiger partial charge in [-0.1, -0.05) is 41.4 Å². The van der Waals surface area contributed by atoms with E-state index in [9.17, 15) is 9.18 Å². The minimum absolute atomic E-state index is 0.0120. The van der Waals surface area contributed by atoms with Gasteiger partial charge in [-0.2, -0.15) is 0 Å². The molecule has 0 bridgehead atoms. The number of likely N-dealkylation sites (tertiary alicyclic amines) is 1. The van der Waals surface area contributed by atoms with E-state index in [1.165, 1.54) is 12.1 Å². The third-order valence-corrected chi connectivity index (χ3v) is 5.82. The quantitative estimate of drug-likeness (QED) is 0.734. The molecule has 2 aromatic rings. The number of halogens is 3. The van der Waals surface area contributed by atoms with Crippen LogP contribution in [0.2, 0.25) is 10.0 Å². The summed E-state index contributed by atoms with van der Waals surface area (Å²) in [5.41, 5.74) is 2.03. The van der Waals surface area contributed by atoms with E-state index in [2.05, 4.69) is 10.2 Å². The standard InChI is InChI=1S/C21H23Cl2FN2O/c1-14(16-3-5-18(24)6-4-16)25-21(27)17-8-10-26(11-9-17)13-15-2-7-19(22)20(23)12-15/h2-7,12,14,17H,8-11,13H2,1H3,(H,25,27)/t14-/m0/s1. The number of nitrogens with one attached hydrogen (secondary N) is 1. The van der Waals surface area contributed by atoms with Gasteiger partial charge in [-0.15, -0.1) is 0 Å². The van der Waals surface area contributed by atoms with Gasteiger partial charge in [0.05, 0.1) is 16.1 Å². The lowest BCUT2D eigenvalue weighted by atomic mass is 9.95. The van der Waals surface area contributed by atoms with Gasteiger partial charge in [0, 0.05) is 12.5 Å². The molecular weight excluding hydrogens is 386 g/mol. The summed E-state index contributed by atoms with van der Waals surface area (Å²) < 4.78 is 13.0. The van der Waals surface area contributed by atoms with Gasteiger partial charge in [0.25, 0.3) is 0 Å². The highest BCUT2D eigenvalue weighted by Gasteiger charge is 2.26. The Bertz CT molecular complexity index is 789. The Labute approximate surface area is 169 Å². The van der Waals surface area contributed by atoms with E-state index in [-0.39, 0.29) is 23.7 Å². The van der Waals surface area contributed by atoms with Crippen LogP contribution in [-0.2, 0) is 11.3 Å². The number of carbonyl (C=O) groups is 1. The third-order valence-electron chi connectivity index (χ3n) is 5.08. The third kappa shape index (κ3) is 5.44. The first kappa shape index (κ1) is 20.1. The Morgan fingerprint density at radius 2 is 1.81 bits per heavy atom. The number of amides is 1. The van der Waals surface area contributed by atoms with Crippen LogP contribution >= 0.6 is 23.2 Å². The molecule has 1 saturated heterocycles. The molecular formula is C21H23Cl2FN2O. The summed E-state index contributed by atoms with van der Waals surface area (Å²) in [7, 11) is 0. The molecule has 0 aliphatic carbocycles. The minimum atomic E-state index is -0.272. The molecule has 3 rings (SSSR count). The lowest BCUT2D eigenvalue weighted by Crippen LogP contribution is -2.40. The van der Waals surface area contributed by atoms with Crippen LogP contribution in [0.4, 0.5) is 4.39 Å². The van der Waals surface area contributed by atoms with Gasteiger partial charge in [0.2, 0.25) is 5.91 Å². The fraction of sp³-hybridized carbons (Fsp3) is 0.381. The van der Waals surface area contributed by atoms with E-state index in [4.69, 9.17) is 23.2 Å². The maximum absolute atomic E-state index is 13.0. The molecule has 27 heavy (non-hydrogen) atoms. The largest absolute Gasteiger partial charge is 0.349 e. The Hall–Kier alpha value is -1.62. The van der Waals surface area contributed by atoms with Crippen LogP contribution in [0, 0.1) is 11.7 Å². The maximum Gasteiger partial charge on any atom is 0.223 e. The highest BCUT2D eigenvalue weighted by Crippen LogP contribution is 2.25. The summed E-state index contributed by atoms with van der Waals surface area (Å²) in [4.78, 5) is 14.9. The van der Waals surface area contributed by atoms with Gasteiger partial charge in [0.15, 0.2) is 0 Å². The average molecular weight is 409 g/mol. The van der Waals surface area contributed by atoms with Gasteiger partial charge in [-0.25, -0.2) is 4.39 Å². The summed E-state index contributed by atoms with van der Waals surface area (Å²) in [5, 5.41) is 4.18. The number of carbonyl (C=O) groups excluding carboxylic acids is 1. The van der Waals surface area contributed by atoms with E-state index in [1.54, 1.807) is 12.1 Å². The van der Waals surface area contributed by atoms with Gasteiger partial charge < -0.3 is 5.32 Å². The van der Waals surface area contributed by atoms with Crippen molar-refractivity contribution in [2.45, 2.75) is 32.4 Å². The van der Waals surface area contributed by atoms with E-state index < -0.39 is 0 Å². The molecule has 0 spiro atoms. The van der Waals surface area contributed by atoms with Crippen LogP contribution in [0.1, 0.15) is 36.9 Å². The Balaban J connectivity index is 1.48. The first-order valence-electron chi connectivity index (χ1n) is 9.14. The topological polar surface area (TPSA) is 32.3 Å². The molecule has 6 heteroatoms. The number of hydrogen-bond donors (Lipinski definition) is 1. The number of hydrogen-bond acceptors (Lipinski definition) is 2. The molecule has 3 nitrogen and oxygen atoms in total. The summed E-state index contributed by atoms with van der Waals surface area (Å²) in [6, 6.07) is 11.8. The predicted octanol–water partition coefficient (Wildman–Crippen LogP) is 5.22. The summed E-state index contributed by atoms with van der Waals surface area (Å²) in [5.74, 6) is -0.189. The van der Waals surface area contributed by atoms with Crippen molar-refractivity contribution in [1.82, 2.24) is 10.2 Å². The minimum Gasteiger partial charge on any atom is -0.349 e. The molecule has 1 atom stereocenters. The van der Waals surface area contributed by atoms with Gasteiger partial charge in [-0.3, -0.25) is 9.69 Å². The number of benzene rings is 2. The molecule has 0 saturated carbocycles. The molecule has 2 aromatic carbocycles.